The molecule has 15 heavy (non-hydrogen) atoms. The molecule has 1 nitrogen and oxygen atoms in total. The summed E-state index contributed by atoms with van der Waals surface area (Å²) in [6.45, 7) is 2.39. The Hall–Kier alpha value is -0.850. The van der Waals surface area contributed by atoms with Gasteiger partial charge in [-0.05, 0) is 36.8 Å². The third-order valence-electron chi connectivity index (χ3n) is 3.60. The molecule has 1 aromatic rings. The van der Waals surface area contributed by atoms with Gasteiger partial charge in [-0.3, -0.25) is 4.98 Å². The number of pyridine rings is 1. The molecule has 2 rings (SSSR count). The van der Waals surface area contributed by atoms with Crippen LogP contribution in [0.3, 0.4) is 0 Å². The molecule has 2 atom stereocenters. The lowest BCUT2D eigenvalue weighted by atomic mass is 9.94. The summed E-state index contributed by atoms with van der Waals surface area (Å²) in [5.74, 6) is 1.82. The maximum absolute atomic E-state index is 4.42. The molecule has 0 radical (unpaired) electrons. The van der Waals surface area contributed by atoms with Crippen molar-refractivity contribution in [2.24, 2.45) is 11.8 Å². The van der Waals surface area contributed by atoms with Gasteiger partial charge in [0.2, 0.25) is 0 Å². The summed E-state index contributed by atoms with van der Waals surface area (Å²) in [5, 5.41) is 0. The molecule has 82 valence electrons. The van der Waals surface area contributed by atoms with Crippen LogP contribution in [-0.4, -0.2) is 4.98 Å². The first-order valence-corrected chi connectivity index (χ1v) is 6.24. The number of hydrogen-bond donors (Lipinski definition) is 0. The molecule has 0 N–H and O–H groups in total. The van der Waals surface area contributed by atoms with Crippen LogP contribution in [0.5, 0.6) is 0 Å². The highest BCUT2D eigenvalue weighted by molar-refractivity contribution is 5.04. The summed E-state index contributed by atoms with van der Waals surface area (Å²) in [6.07, 6.45) is 10.2. The molecule has 1 saturated carbocycles. The van der Waals surface area contributed by atoms with E-state index >= 15 is 0 Å². The van der Waals surface area contributed by atoms with Crippen molar-refractivity contribution < 1.29 is 0 Å². The SMILES string of the molecule is CC1CCCC(Cc2ccccn2)CC1. The molecule has 1 aliphatic carbocycles. The van der Waals surface area contributed by atoms with Gasteiger partial charge in [0.05, 0.1) is 0 Å². The van der Waals surface area contributed by atoms with Crippen molar-refractivity contribution >= 4 is 0 Å². The Labute approximate surface area is 92.9 Å². The highest BCUT2D eigenvalue weighted by Gasteiger charge is 2.16. The van der Waals surface area contributed by atoms with E-state index in [4.69, 9.17) is 0 Å². The fourth-order valence-electron chi connectivity index (χ4n) is 2.58. The fourth-order valence-corrected chi connectivity index (χ4v) is 2.58. The van der Waals surface area contributed by atoms with Gasteiger partial charge in [-0.25, -0.2) is 0 Å². The molecule has 0 aliphatic heterocycles. The van der Waals surface area contributed by atoms with Crippen LogP contribution in [0.25, 0.3) is 0 Å². The van der Waals surface area contributed by atoms with Crippen LogP contribution in [-0.2, 0) is 6.42 Å². The topological polar surface area (TPSA) is 12.9 Å². The average molecular weight is 203 g/mol. The van der Waals surface area contributed by atoms with Crippen LogP contribution in [0.15, 0.2) is 24.4 Å². The van der Waals surface area contributed by atoms with Gasteiger partial charge in [-0.2, -0.15) is 0 Å². The van der Waals surface area contributed by atoms with Crippen LogP contribution in [0.1, 0.15) is 44.7 Å². The molecule has 2 unspecified atom stereocenters. The van der Waals surface area contributed by atoms with Crippen molar-refractivity contribution in [2.75, 3.05) is 0 Å². The van der Waals surface area contributed by atoms with Crippen molar-refractivity contribution in [1.82, 2.24) is 4.98 Å². The lowest BCUT2D eigenvalue weighted by molar-refractivity contribution is 0.440. The number of rotatable bonds is 2. The van der Waals surface area contributed by atoms with Crippen LogP contribution in [0.4, 0.5) is 0 Å². The second kappa shape index (κ2) is 5.29. The Balaban J connectivity index is 1.89. The third kappa shape index (κ3) is 3.33. The third-order valence-corrected chi connectivity index (χ3v) is 3.60. The van der Waals surface area contributed by atoms with Gasteiger partial charge < -0.3 is 0 Å². The second-order valence-corrected chi connectivity index (χ2v) is 5.00. The van der Waals surface area contributed by atoms with E-state index < -0.39 is 0 Å². The molecule has 1 fully saturated rings. The van der Waals surface area contributed by atoms with Crippen LogP contribution in [0, 0.1) is 11.8 Å². The molecule has 1 aromatic heterocycles. The predicted octanol–water partition coefficient (Wildman–Crippen LogP) is 3.84. The van der Waals surface area contributed by atoms with E-state index in [1.165, 1.54) is 44.2 Å². The second-order valence-electron chi connectivity index (χ2n) is 5.00. The maximum Gasteiger partial charge on any atom is 0.0406 e. The minimum Gasteiger partial charge on any atom is -0.261 e. The predicted molar refractivity (Wildman–Crippen MR) is 63.7 cm³/mol. The zero-order valence-electron chi connectivity index (χ0n) is 9.65. The normalized spacial score (nSPS) is 27.3. The molecule has 0 aromatic carbocycles. The first-order chi connectivity index (χ1) is 7.34. The molecular formula is C14H21N. The average Bonchev–Trinajstić information content (AvgIpc) is 2.46. The van der Waals surface area contributed by atoms with E-state index in [-0.39, 0.29) is 0 Å². The van der Waals surface area contributed by atoms with Crippen molar-refractivity contribution in [3.05, 3.63) is 30.1 Å². The van der Waals surface area contributed by atoms with Crippen molar-refractivity contribution in [3.8, 4) is 0 Å². The smallest absolute Gasteiger partial charge is 0.0406 e. The maximum atomic E-state index is 4.42. The molecule has 0 bridgehead atoms. The summed E-state index contributed by atoms with van der Waals surface area (Å²) < 4.78 is 0. The van der Waals surface area contributed by atoms with Gasteiger partial charge in [-0.1, -0.05) is 38.7 Å². The van der Waals surface area contributed by atoms with Crippen LogP contribution in [0.2, 0.25) is 0 Å². The number of nitrogens with zero attached hydrogens (tertiary/aromatic N) is 1. The quantitative estimate of drug-likeness (QED) is 0.665. The van der Waals surface area contributed by atoms with Crippen LogP contribution >= 0.6 is 0 Å². The largest absolute Gasteiger partial charge is 0.261 e. The van der Waals surface area contributed by atoms with Gasteiger partial charge in [0, 0.05) is 11.9 Å². The van der Waals surface area contributed by atoms with Crippen molar-refractivity contribution in [1.29, 1.82) is 0 Å². The zero-order valence-corrected chi connectivity index (χ0v) is 9.65. The lowest BCUT2D eigenvalue weighted by Gasteiger charge is -2.13. The summed E-state index contributed by atoms with van der Waals surface area (Å²) in [6, 6.07) is 6.26. The van der Waals surface area contributed by atoms with E-state index in [9.17, 15) is 0 Å². The van der Waals surface area contributed by atoms with E-state index in [0.29, 0.717) is 0 Å². The molecule has 1 heteroatoms. The zero-order chi connectivity index (χ0) is 10.5. The molecule has 1 aliphatic rings. The minimum absolute atomic E-state index is 0.879. The van der Waals surface area contributed by atoms with Crippen molar-refractivity contribution in [2.45, 2.75) is 45.4 Å². The van der Waals surface area contributed by atoms with E-state index in [1.54, 1.807) is 0 Å². The summed E-state index contributed by atoms with van der Waals surface area (Å²) >= 11 is 0. The summed E-state index contributed by atoms with van der Waals surface area (Å²) in [4.78, 5) is 4.42. The van der Waals surface area contributed by atoms with E-state index in [2.05, 4.69) is 24.0 Å². The first-order valence-electron chi connectivity index (χ1n) is 6.24. The fraction of sp³-hybridized carbons (Fsp3) is 0.643. The summed E-state index contributed by atoms with van der Waals surface area (Å²) in [5.41, 5.74) is 1.28. The van der Waals surface area contributed by atoms with Crippen LogP contribution < -0.4 is 0 Å². The lowest BCUT2D eigenvalue weighted by Crippen LogP contribution is -2.04. The molecule has 1 heterocycles. The Bertz CT molecular complexity index is 281. The van der Waals surface area contributed by atoms with E-state index in [1.807, 2.05) is 12.3 Å². The molecule has 0 spiro atoms. The van der Waals surface area contributed by atoms with Gasteiger partial charge >= 0.3 is 0 Å². The minimum atomic E-state index is 0.879. The van der Waals surface area contributed by atoms with Gasteiger partial charge in [0.25, 0.3) is 0 Å². The Kier molecular flexibility index (Phi) is 3.76. The number of hydrogen-bond acceptors (Lipinski definition) is 1. The Morgan fingerprint density at radius 3 is 2.93 bits per heavy atom. The molecular weight excluding hydrogens is 182 g/mol. The Morgan fingerprint density at radius 2 is 2.13 bits per heavy atom. The van der Waals surface area contributed by atoms with Gasteiger partial charge in [0.15, 0.2) is 0 Å². The van der Waals surface area contributed by atoms with Gasteiger partial charge in [-0.15, -0.1) is 0 Å². The number of aromatic nitrogens is 1. The monoisotopic (exact) mass is 203 g/mol. The highest BCUT2D eigenvalue weighted by atomic mass is 14.7. The highest BCUT2D eigenvalue weighted by Crippen LogP contribution is 2.28. The van der Waals surface area contributed by atoms with E-state index in [0.717, 1.165) is 11.8 Å². The standard InChI is InChI=1S/C14H21N/c1-12-5-4-6-13(9-8-12)11-14-7-2-3-10-15-14/h2-3,7,10,12-13H,4-6,8-9,11H2,1H3. The van der Waals surface area contributed by atoms with Crippen molar-refractivity contribution in [3.63, 3.8) is 0 Å². The Morgan fingerprint density at radius 1 is 1.20 bits per heavy atom. The molecule has 0 saturated heterocycles. The molecule has 0 amide bonds. The first kappa shape index (κ1) is 10.7. The van der Waals surface area contributed by atoms with Gasteiger partial charge in [0.1, 0.15) is 0 Å². The summed E-state index contributed by atoms with van der Waals surface area (Å²) in [7, 11) is 0.